The second kappa shape index (κ2) is 8.91. The number of esters is 2. The molecule has 0 aromatic rings. The molecule has 1 saturated heterocycles. The normalized spacial score (nSPS) is 16.7. The van der Waals surface area contributed by atoms with Crippen LogP contribution < -0.4 is 0 Å². The average molecular weight is 319 g/mol. The van der Waals surface area contributed by atoms with Gasteiger partial charge in [-0.25, -0.2) is 9.59 Å². The number of allylic oxidation sites excluding steroid dienone is 1. The smallest absolute Gasteiger partial charge is 0.338 e. The summed E-state index contributed by atoms with van der Waals surface area (Å²) in [5.74, 6) is -1.32. The van der Waals surface area contributed by atoms with E-state index in [2.05, 4.69) is 13.2 Å². The fourth-order valence-corrected chi connectivity index (χ4v) is 1.73. The molecule has 6 heteroatoms. The summed E-state index contributed by atoms with van der Waals surface area (Å²) in [5, 5.41) is 9.06. The molecule has 1 aliphatic heterocycles. The molecule has 0 aromatic carbocycles. The van der Waals surface area contributed by atoms with Crippen molar-refractivity contribution in [2.45, 2.75) is 32.8 Å². The summed E-state index contributed by atoms with van der Waals surface area (Å²) in [5.41, 5.74) is 0.0368. The van der Waals surface area contributed by atoms with Crippen molar-refractivity contribution in [3.63, 3.8) is 0 Å². The molecule has 6 nitrogen and oxygen atoms in total. The molecular formula is C17H21NO5. The van der Waals surface area contributed by atoms with E-state index < -0.39 is 11.9 Å². The van der Waals surface area contributed by atoms with Crippen LogP contribution >= 0.6 is 0 Å². The van der Waals surface area contributed by atoms with Gasteiger partial charge in [-0.15, -0.1) is 0 Å². The molecule has 1 fully saturated rings. The molecule has 0 aliphatic carbocycles. The van der Waals surface area contributed by atoms with Crippen molar-refractivity contribution in [1.29, 1.82) is 5.26 Å². The summed E-state index contributed by atoms with van der Waals surface area (Å²) in [7, 11) is 0. The predicted octanol–water partition coefficient (Wildman–Crippen LogP) is 2.22. The number of nitrogens with zero attached hydrogens (tertiary/aromatic N) is 1. The minimum atomic E-state index is -0.678. The summed E-state index contributed by atoms with van der Waals surface area (Å²) in [6.07, 6.45) is 1.53. The zero-order valence-corrected chi connectivity index (χ0v) is 13.5. The van der Waals surface area contributed by atoms with Crippen LogP contribution in [0.15, 0.2) is 35.5 Å². The van der Waals surface area contributed by atoms with Gasteiger partial charge >= 0.3 is 11.9 Å². The zero-order chi connectivity index (χ0) is 17.4. The van der Waals surface area contributed by atoms with Crippen molar-refractivity contribution in [2.24, 2.45) is 0 Å². The van der Waals surface area contributed by atoms with Gasteiger partial charge in [0.15, 0.2) is 0 Å². The number of hydrogen-bond donors (Lipinski definition) is 0. The third-order valence-corrected chi connectivity index (χ3v) is 3.20. The van der Waals surface area contributed by atoms with Crippen LogP contribution in [0.2, 0.25) is 0 Å². The van der Waals surface area contributed by atoms with Gasteiger partial charge in [-0.3, -0.25) is 0 Å². The molecule has 0 aromatic heterocycles. The molecule has 1 heterocycles. The molecule has 0 saturated carbocycles. The number of nitriles is 1. The molecule has 1 aliphatic rings. The van der Waals surface area contributed by atoms with Gasteiger partial charge < -0.3 is 14.2 Å². The first kappa shape index (κ1) is 18.7. The maximum Gasteiger partial charge on any atom is 0.338 e. The van der Waals surface area contributed by atoms with Crippen molar-refractivity contribution in [2.75, 3.05) is 19.8 Å². The Kier molecular flexibility index (Phi) is 7.23. The molecule has 124 valence electrons. The number of ether oxygens (including phenoxy) is 3. The van der Waals surface area contributed by atoms with Gasteiger partial charge in [-0.1, -0.05) is 26.5 Å². The number of epoxide rings is 1. The van der Waals surface area contributed by atoms with Crippen molar-refractivity contribution in [1.82, 2.24) is 0 Å². The highest BCUT2D eigenvalue weighted by molar-refractivity contribution is 6.00. The molecule has 0 amide bonds. The van der Waals surface area contributed by atoms with Crippen molar-refractivity contribution in [3.05, 3.63) is 35.5 Å². The zero-order valence-electron chi connectivity index (χ0n) is 13.5. The highest BCUT2D eigenvalue weighted by Crippen LogP contribution is 2.23. The first-order valence-electron chi connectivity index (χ1n) is 7.37. The summed E-state index contributed by atoms with van der Waals surface area (Å²) < 4.78 is 15.1. The van der Waals surface area contributed by atoms with Gasteiger partial charge in [-0.05, 0) is 13.3 Å². The Morgan fingerprint density at radius 3 is 2.48 bits per heavy atom. The van der Waals surface area contributed by atoms with Crippen LogP contribution in [0.5, 0.6) is 0 Å². The molecule has 0 spiro atoms. The van der Waals surface area contributed by atoms with Gasteiger partial charge in [0.25, 0.3) is 0 Å². The maximum atomic E-state index is 12.0. The molecule has 0 radical (unpaired) electrons. The first-order valence-corrected chi connectivity index (χ1v) is 7.37. The van der Waals surface area contributed by atoms with Crippen LogP contribution in [-0.2, 0) is 23.8 Å². The van der Waals surface area contributed by atoms with E-state index in [0.29, 0.717) is 6.61 Å². The van der Waals surface area contributed by atoms with Gasteiger partial charge in [0, 0.05) is 11.1 Å². The van der Waals surface area contributed by atoms with Crippen molar-refractivity contribution < 1.29 is 23.8 Å². The summed E-state index contributed by atoms with van der Waals surface area (Å²) >= 11 is 0. The molecule has 1 atom stereocenters. The van der Waals surface area contributed by atoms with E-state index in [4.69, 9.17) is 19.5 Å². The van der Waals surface area contributed by atoms with E-state index in [9.17, 15) is 9.59 Å². The number of carbonyl (C=O) groups excluding carboxylic acids is 2. The Labute approximate surface area is 136 Å². The highest BCUT2D eigenvalue weighted by Gasteiger charge is 2.27. The molecule has 1 rings (SSSR count). The number of carbonyl (C=O) groups is 2. The van der Waals surface area contributed by atoms with Crippen LogP contribution in [0, 0.1) is 11.3 Å². The Morgan fingerprint density at radius 2 is 1.96 bits per heavy atom. The second-order valence-corrected chi connectivity index (χ2v) is 5.11. The second-order valence-electron chi connectivity index (χ2n) is 5.11. The van der Waals surface area contributed by atoms with Crippen LogP contribution in [0.4, 0.5) is 0 Å². The van der Waals surface area contributed by atoms with E-state index in [1.54, 1.807) is 0 Å². The fraction of sp³-hybridized carbons (Fsp3) is 0.471. The topological polar surface area (TPSA) is 88.9 Å². The quantitative estimate of drug-likeness (QED) is 0.162. The minimum Gasteiger partial charge on any atom is -0.462 e. The van der Waals surface area contributed by atoms with Gasteiger partial charge in [0.05, 0.1) is 30.4 Å². The lowest BCUT2D eigenvalue weighted by Crippen LogP contribution is -2.16. The average Bonchev–Trinajstić information content (AvgIpc) is 3.36. The number of unbranched alkanes of at least 4 members (excludes halogenated alkanes) is 1. The minimum absolute atomic E-state index is 0.0421. The lowest BCUT2D eigenvalue weighted by atomic mass is 9.96. The third-order valence-electron chi connectivity index (χ3n) is 3.20. The van der Waals surface area contributed by atoms with E-state index >= 15 is 0 Å². The standard InChI is InChI=1S/C17H21NO5/c1-5-6-7-21-16(19)12(3)15(11(2)8-18)13(4)17(20)23-10-14-9-22-14/h14H,2-3,5-7,9-10H2,1,4H3/b15-13+. The van der Waals surface area contributed by atoms with Crippen molar-refractivity contribution >= 4 is 11.9 Å². The third kappa shape index (κ3) is 5.72. The van der Waals surface area contributed by atoms with Crippen molar-refractivity contribution in [3.8, 4) is 6.07 Å². The predicted molar refractivity (Wildman–Crippen MR) is 83.2 cm³/mol. The van der Waals surface area contributed by atoms with Crippen LogP contribution in [-0.4, -0.2) is 37.9 Å². The lowest BCUT2D eigenvalue weighted by molar-refractivity contribution is -0.139. The van der Waals surface area contributed by atoms with E-state index in [1.807, 2.05) is 13.0 Å². The summed E-state index contributed by atoms with van der Waals surface area (Å²) in [6.45, 7) is 11.6. The van der Waals surface area contributed by atoms with E-state index in [0.717, 1.165) is 12.8 Å². The lowest BCUT2D eigenvalue weighted by Gasteiger charge is -2.13. The Balaban J connectivity index is 2.88. The molecular weight excluding hydrogens is 298 g/mol. The molecule has 23 heavy (non-hydrogen) atoms. The van der Waals surface area contributed by atoms with Crippen LogP contribution in [0.25, 0.3) is 0 Å². The monoisotopic (exact) mass is 319 g/mol. The Morgan fingerprint density at radius 1 is 1.30 bits per heavy atom. The SMILES string of the molecule is C=C(C#N)/C(C(=C)C(=O)OCCCC)=C(/C)C(=O)OCC1CO1. The molecule has 0 N–H and O–H groups in total. The van der Waals surface area contributed by atoms with E-state index in [1.165, 1.54) is 6.92 Å². The first-order chi connectivity index (χ1) is 10.9. The largest absolute Gasteiger partial charge is 0.462 e. The van der Waals surface area contributed by atoms with Crippen LogP contribution in [0.3, 0.4) is 0 Å². The highest BCUT2D eigenvalue weighted by atomic mass is 16.6. The Bertz CT molecular complexity index is 578. The van der Waals surface area contributed by atoms with Gasteiger partial charge in [0.2, 0.25) is 0 Å². The fourth-order valence-electron chi connectivity index (χ4n) is 1.73. The summed E-state index contributed by atoms with van der Waals surface area (Å²) in [4.78, 5) is 24.0. The summed E-state index contributed by atoms with van der Waals surface area (Å²) in [6, 6.07) is 1.83. The maximum absolute atomic E-state index is 12.0. The van der Waals surface area contributed by atoms with Gasteiger partial charge in [0.1, 0.15) is 12.7 Å². The molecule has 1 unspecified atom stereocenters. The van der Waals surface area contributed by atoms with E-state index in [-0.39, 0.29) is 41.6 Å². The number of rotatable bonds is 9. The van der Waals surface area contributed by atoms with Crippen LogP contribution in [0.1, 0.15) is 26.7 Å². The number of hydrogen-bond acceptors (Lipinski definition) is 6. The Hall–Kier alpha value is -2.39. The van der Waals surface area contributed by atoms with Gasteiger partial charge in [-0.2, -0.15) is 5.26 Å². The molecule has 0 bridgehead atoms.